The highest BCUT2D eigenvalue weighted by molar-refractivity contribution is 5.87. The van der Waals surface area contributed by atoms with Crippen LogP contribution >= 0.6 is 0 Å². The first-order valence-electron chi connectivity index (χ1n) is 5.92. The normalized spacial score (nSPS) is 15.3. The van der Waals surface area contributed by atoms with E-state index in [0.29, 0.717) is 0 Å². The van der Waals surface area contributed by atoms with Gasteiger partial charge in [0.1, 0.15) is 12.1 Å². The first-order chi connectivity index (χ1) is 8.91. The molecule has 19 heavy (non-hydrogen) atoms. The van der Waals surface area contributed by atoms with Crippen LogP contribution in [0.1, 0.15) is 12.5 Å². The topological polar surface area (TPSA) is 113 Å². The molecule has 0 aromatic heterocycles. The molecular weight excluding hydrogens is 248 g/mol. The summed E-state index contributed by atoms with van der Waals surface area (Å²) in [4.78, 5) is 22.7. The largest absolute Gasteiger partial charge is 0.480 e. The Bertz CT molecular complexity index is 434. The average molecular weight is 266 g/mol. The van der Waals surface area contributed by atoms with Crippen molar-refractivity contribution < 1.29 is 19.8 Å². The number of rotatable bonds is 6. The Morgan fingerprint density at radius 3 is 2.37 bits per heavy atom. The fraction of sp³-hybridized carbons (Fsp3) is 0.385. The van der Waals surface area contributed by atoms with Gasteiger partial charge in [-0.05, 0) is 12.5 Å². The molecule has 0 bridgehead atoms. The number of aliphatic hydroxyl groups is 1. The maximum absolute atomic E-state index is 11.6. The summed E-state index contributed by atoms with van der Waals surface area (Å²) in [6.45, 7) is 1.37. The predicted molar refractivity (Wildman–Crippen MR) is 69.4 cm³/mol. The smallest absolute Gasteiger partial charge is 0.326 e. The van der Waals surface area contributed by atoms with Gasteiger partial charge >= 0.3 is 5.97 Å². The molecule has 0 aliphatic rings. The van der Waals surface area contributed by atoms with Gasteiger partial charge in [0.15, 0.2) is 0 Å². The molecule has 0 spiro atoms. The summed E-state index contributed by atoms with van der Waals surface area (Å²) in [5.41, 5.74) is 6.24. The Morgan fingerprint density at radius 2 is 1.89 bits per heavy atom. The van der Waals surface area contributed by atoms with Gasteiger partial charge in [-0.1, -0.05) is 30.3 Å². The average Bonchev–Trinajstić information content (AvgIpc) is 2.37. The number of aliphatic carboxylic acids is 1. The van der Waals surface area contributed by atoms with Crippen LogP contribution in [-0.2, 0) is 16.0 Å². The van der Waals surface area contributed by atoms with Crippen molar-refractivity contribution in [2.24, 2.45) is 5.73 Å². The second-order valence-electron chi connectivity index (χ2n) is 4.36. The quantitative estimate of drug-likeness (QED) is 0.555. The summed E-state index contributed by atoms with van der Waals surface area (Å²) in [6, 6.07) is 6.74. The monoisotopic (exact) mass is 266 g/mol. The Morgan fingerprint density at radius 1 is 1.32 bits per heavy atom. The number of carbonyl (C=O) groups is 2. The van der Waals surface area contributed by atoms with E-state index in [0.717, 1.165) is 5.56 Å². The highest BCUT2D eigenvalue weighted by Gasteiger charge is 2.25. The second kappa shape index (κ2) is 6.86. The summed E-state index contributed by atoms with van der Waals surface area (Å²) in [6.07, 6.45) is -0.875. The van der Waals surface area contributed by atoms with Crippen molar-refractivity contribution in [3.05, 3.63) is 35.9 Å². The first-order valence-corrected chi connectivity index (χ1v) is 5.92. The number of aliphatic hydroxyl groups excluding tert-OH is 1. The van der Waals surface area contributed by atoms with Crippen molar-refractivity contribution in [3.8, 4) is 0 Å². The molecule has 0 fully saturated rings. The van der Waals surface area contributed by atoms with Gasteiger partial charge in [-0.2, -0.15) is 0 Å². The number of hydrogen-bond donors (Lipinski definition) is 4. The summed E-state index contributed by atoms with van der Waals surface area (Å²) in [5.74, 6) is -1.83. The van der Waals surface area contributed by atoms with Crippen LogP contribution in [0.25, 0.3) is 0 Å². The van der Waals surface area contributed by atoms with Crippen molar-refractivity contribution in [3.63, 3.8) is 0 Å². The van der Waals surface area contributed by atoms with Crippen LogP contribution in [0.2, 0.25) is 0 Å². The van der Waals surface area contributed by atoms with E-state index in [1.54, 1.807) is 24.3 Å². The lowest BCUT2D eigenvalue weighted by molar-refractivity contribution is -0.142. The molecule has 0 heterocycles. The molecule has 0 radical (unpaired) electrons. The van der Waals surface area contributed by atoms with E-state index in [2.05, 4.69) is 5.32 Å². The van der Waals surface area contributed by atoms with E-state index < -0.39 is 30.1 Å². The van der Waals surface area contributed by atoms with E-state index in [4.69, 9.17) is 10.8 Å². The van der Waals surface area contributed by atoms with Crippen LogP contribution in [0.3, 0.4) is 0 Å². The number of nitrogens with two attached hydrogens (primary N) is 1. The Labute approximate surface area is 111 Å². The molecule has 1 rings (SSSR count). The van der Waals surface area contributed by atoms with Crippen molar-refractivity contribution in [2.45, 2.75) is 31.5 Å². The molecular formula is C13H18N2O4. The maximum atomic E-state index is 11.6. The minimum Gasteiger partial charge on any atom is -0.480 e. The summed E-state index contributed by atoms with van der Waals surface area (Å²) >= 11 is 0. The van der Waals surface area contributed by atoms with Gasteiger partial charge in [-0.3, -0.25) is 4.79 Å². The molecule has 1 amide bonds. The number of carboxylic acid groups (broad SMARTS) is 1. The number of nitrogens with one attached hydrogen (secondary N) is 1. The minimum absolute atomic E-state index is 0.161. The maximum Gasteiger partial charge on any atom is 0.326 e. The van der Waals surface area contributed by atoms with Crippen LogP contribution in [0.4, 0.5) is 0 Å². The molecule has 6 heteroatoms. The number of amides is 1. The van der Waals surface area contributed by atoms with Crippen molar-refractivity contribution in [1.29, 1.82) is 0 Å². The first kappa shape index (κ1) is 15.1. The molecule has 0 aliphatic heterocycles. The van der Waals surface area contributed by atoms with Crippen LogP contribution in [0.15, 0.2) is 30.3 Å². The number of carbonyl (C=O) groups excluding carboxylic acids is 1. The molecule has 3 atom stereocenters. The zero-order valence-electron chi connectivity index (χ0n) is 10.6. The van der Waals surface area contributed by atoms with Crippen LogP contribution < -0.4 is 11.1 Å². The van der Waals surface area contributed by atoms with E-state index in [9.17, 15) is 14.7 Å². The third-order valence-corrected chi connectivity index (χ3v) is 2.72. The van der Waals surface area contributed by atoms with Gasteiger partial charge in [0.25, 0.3) is 0 Å². The van der Waals surface area contributed by atoms with E-state index in [-0.39, 0.29) is 6.42 Å². The molecule has 5 N–H and O–H groups in total. The standard InChI is InChI=1S/C13H18N2O4/c1-8(16)11(14)12(17)15-10(13(18)19)7-9-5-3-2-4-6-9/h2-6,8,10-11,16H,7,14H2,1H3,(H,15,17)(H,18,19)/t8-,10+,11+/m0/s1. The van der Waals surface area contributed by atoms with Crippen molar-refractivity contribution >= 4 is 11.9 Å². The number of carboxylic acids is 1. The van der Waals surface area contributed by atoms with E-state index in [1.807, 2.05) is 6.07 Å². The molecule has 1 aromatic rings. The fourth-order valence-electron chi connectivity index (χ4n) is 1.54. The predicted octanol–water partition coefficient (Wildman–Crippen LogP) is -0.493. The Hall–Kier alpha value is -1.92. The van der Waals surface area contributed by atoms with Gasteiger partial charge in [0.2, 0.25) is 5.91 Å². The van der Waals surface area contributed by atoms with Crippen LogP contribution in [-0.4, -0.2) is 40.3 Å². The zero-order valence-corrected chi connectivity index (χ0v) is 10.6. The highest BCUT2D eigenvalue weighted by atomic mass is 16.4. The van der Waals surface area contributed by atoms with Gasteiger partial charge in [0, 0.05) is 6.42 Å². The third kappa shape index (κ3) is 4.69. The molecule has 1 aromatic carbocycles. The fourth-order valence-corrected chi connectivity index (χ4v) is 1.54. The molecule has 0 saturated carbocycles. The molecule has 6 nitrogen and oxygen atoms in total. The minimum atomic E-state index is -1.14. The zero-order chi connectivity index (χ0) is 14.4. The van der Waals surface area contributed by atoms with Crippen molar-refractivity contribution in [2.75, 3.05) is 0 Å². The SMILES string of the molecule is C[C@H](O)[C@@H](N)C(=O)N[C@H](Cc1ccccc1)C(=O)O. The Balaban J connectivity index is 2.69. The van der Waals surface area contributed by atoms with Crippen molar-refractivity contribution in [1.82, 2.24) is 5.32 Å². The second-order valence-corrected chi connectivity index (χ2v) is 4.36. The number of benzene rings is 1. The van der Waals surface area contributed by atoms with Crippen LogP contribution in [0, 0.1) is 0 Å². The van der Waals surface area contributed by atoms with Crippen LogP contribution in [0.5, 0.6) is 0 Å². The molecule has 104 valence electrons. The number of hydrogen-bond acceptors (Lipinski definition) is 4. The van der Waals surface area contributed by atoms with Gasteiger partial charge < -0.3 is 21.3 Å². The molecule has 0 saturated heterocycles. The molecule has 0 unspecified atom stereocenters. The third-order valence-electron chi connectivity index (χ3n) is 2.72. The highest BCUT2D eigenvalue weighted by Crippen LogP contribution is 2.04. The summed E-state index contributed by atoms with van der Waals surface area (Å²) in [7, 11) is 0. The lowest BCUT2D eigenvalue weighted by Crippen LogP contribution is -2.52. The van der Waals surface area contributed by atoms with Gasteiger partial charge in [0.05, 0.1) is 6.10 Å². The van der Waals surface area contributed by atoms with Gasteiger partial charge in [-0.25, -0.2) is 4.79 Å². The summed E-state index contributed by atoms with van der Waals surface area (Å²) in [5, 5.41) is 20.6. The lowest BCUT2D eigenvalue weighted by atomic mass is 10.1. The van der Waals surface area contributed by atoms with Gasteiger partial charge in [-0.15, -0.1) is 0 Å². The van der Waals surface area contributed by atoms with E-state index >= 15 is 0 Å². The summed E-state index contributed by atoms with van der Waals surface area (Å²) < 4.78 is 0. The Kier molecular flexibility index (Phi) is 5.47. The molecule has 0 aliphatic carbocycles. The lowest BCUT2D eigenvalue weighted by Gasteiger charge is -2.19. The van der Waals surface area contributed by atoms with E-state index in [1.165, 1.54) is 6.92 Å².